The Morgan fingerprint density at radius 3 is 2.20 bits per heavy atom. The van der Waals surface area contributed by atoms with E-state index in [1.807, 2.05) is 60.7 Å². The molecule has 0 spiro atoms. The number of rotatable bonds is 8. The van der Waals surface area contributed by atoms with Crippen molar-refractivity contribution in [1.29, 1.82) is 0 Å². The standard InChI is InChI=1S/C24H26O6/c1-18(25)24(27)22(26)13-14-28-17-23(24,30-16-21-11-7-4-8-12-21)19(2)29-15-20-9-5-3-6-10-20/h3-14,19,27H,15-17H2,1-2H3/t19-,23-,24-/m1/s1. The van der Waals surface area contributed by atoms with Crippen molar-refractivity contribution in [3.8, 4) is 0 Å². The van der Waals surface area contributed by atoms with Gasteiger partial charge in [0.05, 0.1) is 25.6 Å². The summed E-state index contributed by atoms with van der Waals surface area (Å²) in [4.78, 5) is 25.4. The third-order valence-electron chi connectivity index (χ3n) is 5.43. The second-order valence-electron chi connectivity index (χ2n) is 7.35. The molecule has 1 N–H and O–H groups in total. The largest absolute Gasteiger partial charge is 0.498 e. The SMILES string of the molecule is CC(=O)[C@@]1(O)C(=O)C=COC[C@@]1(OCc1ccccc1)[C@@H](C)OCc1ccccc1. The Kier molecular flexibility index (Phi) is 6.82. The summed E-state index contributed by atoms with van der Waals surface area (Å²) in [6, 6.07) is 18.8. The highest BCUT2D eigenvalue weighted by molar-refractivity contribution is 6.15. The monoisotopic (exact) mass is 410 g/mol. The zero-order valence-corrected chi connectivity index (χ0v) is 17.1. The number of hydrogen-bond acceptors (Lipinski definition) is 6. The average molecular weight is 410 g/mol. The van der Waals surface area contributed by atoms with Crippen molar-refractivity contribution in [2.45, 2.75) is 44.4 Å². The summed E-state index contributed by atoms with van der Waals surface area (Å²) in [7, 11) is 0. The number of Topliss-reactive ketones (excluding diaryl/α,β-unsaturated/α-hetero) is 1. The normalized spacial score (nSPS) is 24.7. The second-order valence-corrected chi connectivity index (χ2v) is 7.35. The third-order valence-corrected chi connectivity index (χ3v) is 5.43. The fourth-order valence-corrected chi connectivity index (χ4v) is 3.58. The summed E-state index contributed by atoms with van der Waals surface area (Å²) in [5.74, 6) is -1.53. The first kappa shape index (κ1) is 21.9. The maximum Gasteiger partial charge on any atom is 0.220 e. The number of ketones is 2. The van der Waals surface area contributed by atoms with Crippen LogP contribution in [0.3, 0.4) is 0 Å². The minimum atomic E-state index is -2.45. The van der Waals surface area contributed by atoms with Crippen LogP contribution >= 0.6 is 0 Å². The van der Waals surface area contributed by atoms with Gasteiger partial charge in [-0.05, 0) is 25.0 Å². The number of carbonyl (C=O) groups is 2. The maximum atomic E-state index is 12.8. The first-order valence-corrected chi connectivity index (χ1v) is 9.79. The van der Waals surface area contributed by atoms with Gasteiger partial charge >= 0.3 is 0 Å². The van der Waals surface area contributed by atoms with Crippen LogP contribution in [0.25, 0.3) is 0 Å². The van der Waals surface area contributed by atoms with E-state index in [4.69, 9.17) is 14.2 Å². The van der Waals surface area contributed by atoms with Crippen LogP contribution in [0.2, 0.25) is 0 Å². The summed E-state index contributed by atoms with van der Waals surface area (Å²) in [6.07, 6.45) is 1.38. The molecule has 158 valence electrons. The van der Waals surface area contributed by atoms with Gasteiger partial charge in [-0.2, -0.15) is 0 Å². The van der Waals surface area contributed by atoms with Gasteiger partial charge in [-0.15, -0.1) is 0 Å². The molecule has 30 heavy (non-hydrogen) atoms. The number of hydrogen-bond donors (Lipinski definition) is 1. The smallest absolute Gasteiger partial charge is 0.220 e. The van der Waals surface area contributed by atoms with E-state index in [9.17, 15) is 14.7 Å². The van der Waals surface area contributed by atoms with E-state index in [2.05, 4.69) is 0 Å². The van der Waals surface area contributed by atoms with Gasteiger partial charge in [0.2, 0.25) is 11.4 Å². The zero-order chi connectivity index (χ0) is 21.6. The van der Waals surface area contributed by atoms with Gasteiger partial charge in [0.1, 0.15) is 6.61 Å². The Labute approximate surface area is 176 Å². The Balaban J connectivity index is 1.95. The van der Waals surface area contributed by atoms with E-state index in [0.29, 0.717) is 0 Å². The molecule has 0 saturated heterocycles. The second kappa shape index (κ2) is 9.34. The molecule has 6 nitrogen and oxygen atoms in total. The minimum absolute atomic E-state index is 0.0616. The summed E-state index contributed by atoms with van der Waals surface area (Å²) < 4.78 is 17.6. The van der Waals surface area contributed by atoms with Crippen LogP contribution in [0.15, 0.2) is 73.0 Å². The first-order valence-electron chi connectivity index (χ1n) is 9.79. The molecular weight excluding hydrogens is 384 g/mol. The Bertz CT molecular complexity index is 894. The van der Waals surface area contributed by atoms with Crippen LogP contribution < -0.4 is 0 Å². The van der Waals surface area contributed by atoms with E-state index in [-0.39, 0.29) is 19.8 Å². The fourth-order valence-electron chi connectivity index (χ4n) is 3.58. The van der Waals surface area contributed by atoms with E-state index in [0.717, 1.165) is 17.2 Å². The molecule has 0 aliphatic carbocycles. The molecule has 0 saturated carbocycles. The van der Waals surface area contributed by atoms with Crippen molar-refractivity contribution in [1.82, 2.24) is 0 Å². The minimum Gasteiger partial charge on any atom is -0.498 e. The molecule has 1 aliphatic heterocycles. The Hall–Kier alpha value is -2.80. The van der Waals surface area contributed by atoms with Gasteiger partial charge in [-0.3, -0.25) is 9.59 Å². The molecule has 1 heterocycles. The lowest BCUT2D eigenvalue weighted by molar-refractivity contribution is -0.242. The molecule has 0 amide bonds. The van der Waals surface area contributed by atoms with Gasteiger partial charge in [-0.1, -0.05) is 60.7 Å². The topological polar surface area (TPSA) is 82.1 Å². The molecule has 6 heteroatoms. The molecule has 2 aromatic rings. The summed E-state index contributed by atoms with van der Waals surface area (Å²) in [5, 5.41) is 11.4. The molecule has 1 aliphatic rings. The van der Waals surface area contributed by atoms with Crippen LogP contribution in [0, 0.1) is 0 Å². The quantitative estimate of drug-likeness (QED) is 0.674. The summed E-state index contributed by atoms with van der Waals surface area (Å²) in [6.45, 7) is 2.89. The van der Waals surface area contributed by atoms with Crippen LogP contribution in [-0.2, 0) is 37.0 Å². The van der Waals surface area contributed by atoms with E-state index >= 15 is 0 Å². The van der Waals surface area contributed by atoms with Crippen molar-refractivity contribution in [3.05, 3.63) is 84.1 Å². The molecule has 0 unspecified atom stereocenters. The number of benzene rings is 2. The number of aliphatic hydroxyl groups is 1. The van der Waals surface area contributed by atoms with Crippen molar-refractivity contribution in [3.63, 3.8) is 0 Å². The van der Waals surface area contributed by atoms with Crippen molar-refractivity contribution < 1.29 is 28.9 Å². The molecule has 3 atom stereocenters. The fraction of sp³-hybridized carbons (Fsp3) is 0.333. The van der Waals surface area contributed by atoms with Crippen LogP contribution in [0.1, 0.15) is 25.0 Å². The number of ether oxygens (including phenoxy) is 3. The predicted octanol–water partition coefficient (Wildman–Crippen LogP) is 2.98. The van der Waals surface area contributed by atoms with Crippen LogP contribution in [0.4, 0.5) is 0 Å². The molecule has 3 rings (SSSR count). The van der Waals surface area contributed by atoms with Gasteiger partial charge in [0.25, 0.3) is 0 Å². The Morgan fingerprint density at radius 2 is 1.63 bits per heavy atom. The van der Waals surface area contributed by atoms with Gasteiger partial charge in [0.15, 0.2) is 11.4 Å². The molecular formula is C24H26O6. The molecule has 0 aromatic heterocycles. The first-order chi connectivity index (χ1) is 14.4. The lowest BCUT2D eigenvalue weighted by Gasteiger charge is -2.45. The lowest BCUT2D eigenvalue weighted by Crippen LogP contribution is -2.70. The highest BCUT2D eigenvalue weighted by atomic mass is 16.6. The molecule has 2 aromatic carbocycles. The molecule has 0 radical (unpaired) electrons. The maximum absolute atomic E-state index is 12.8. The highest BCUT2D eigenvalue weighted by Crippen LogP contribution is 2.37. The van der Waals surface area contributed by atoms with Gasteiger partial charge in [0, 0.05) is 6.08 Å². The lowest BCUT2D eigenvalue weighted by atomic mass is 9.74. The average Bonchev–Trinajstić information content (AvgIpc) is 2.90. The Morgan fingerprint density at radius 1 is 1.07 bits per heavy atom. The van der Waals surface area contributed by atoms with Crippen molar-refractivity contribution >= 4 is 11.6 Å². The molecule has 0 fully saturated rings. The summed E-state index contributed by atoms with van der Waals surface area (Å²) in [5.41, 5.74) is -2.47. The highest BCUT2D eigenvalue weighted by Gasteiger charge is 2.64. The van der Waals surface area contributed by atoms with Crippen molar-refractivity contribution in [2.75, 3.05) is 6.61 Å². The molecule has 0 bridgehead atoms. The van der Waals surface area contributed by atoms with Crippen LogP contribution in [0.5, 0.6) is 0 Å². The predicted molar refractivity (Wildman–Crippen MR) is 110 cm³/mol. The van der Waals surface area contributed by atoms with E-state index < -0.39 is 28.9 Å². The van der Waals surface area contributed by atoms with Crippen LogP contribution in [-0.4, -0.2) is 40.6 Å². The van der Waals surface area contributed by atoms with Gasteiger partial charge in [-0.25, -0.2) is 0 Å². The van der Waals surface area contributed by atoms with Gasteiger partial charge < -0.3 is 19.3 Å². The third kappa shape index (κ3) is 4.21. The zero-order valence-electron chi connectivity index (χ0n) is 17.1. The van der Waals surface area contributed by atoms with E-state index in [1.54, 1.807) is 6.92 Å². The number of carbonyl (C=O) groups excluding carboxylic acids is 2. The van der Waals surface area contributed by atoms with Crippen molar-refractivity contribution in [2.24, 2.45) is 0 Å². The summed E-state index contributed by atoms with van der Waals surface area (Å²) >= 11 is 0. The van der Waals surface area contributed by atoms with E-state index in [1.165, 1.54) is 13.2 Å².